The maximum absolute atomic E-state index is 11.4. The molecule has 1 rings (SSSR count). The highest BCUT2D eigenvalue weighted by atomic mass is 32.2. The van der Waals surface area contributed by atoms with Crippen molar-refractivity contribution >= 4 is 15.8 Å². The third-order valence-corrected chi connectivity index (χ3v) is 3.52. The van der Waals surface area contributed by atoms with Crippen LogP contribution in [0.25, 0.3) is 0 Å². The minimum atomic E-state index is -3.44. The molecule has 106 valence electrons. The highest BCUT2D eigenvalue weighted by Gasteiger charge is 2.16. The number of nitrogens with zero attached hydrogens (tertiary/aromatic N) is 1. The van der Waals surface area contributed by atoms with Gasteiger partial charge in [-0.25, -0.2) is 13.2 Å². The topological polar surface area (TPSA) is 83.9 Å². The van der Waals surface area contributed by atoms with Gasteiger partial charge < -0.3 is 14.7 Å². The molecule has 0 aliphatic rings. The number of hydrogen-bond acceptors (Lipinski definition) is 5. The number of sulfone groups is 1. The van der Waals surface area contributed by atoms with Gasteiger partial charge in [0.05, 0.1) is 4.90 Å². The highest BCUT2D eigenvalue weighted by molar-refractivity contribution is 7.90. The summed E-state index contributed by atoms with van der Waals surface area (Å²) in [6.45, 7) is 0.957. The molecule has 1 aromatic rings. The van der Waals surface area contributed by atoms with E-state index in [9.17, 15) is 13.2 Å². The molecule has 0 amide bonds. The van der Waals surface area contributed by atoms with Crippen LogP contribution in [0.2, 0.25) is 0 Å². The van der Waals surface area contributed by atoms with Crippen molar-refractivity contribution in [3.63, 3.8) is 0 Å². The molecule has 1 aromatic carbocycles. The van der Waals surface area contributed by atoms with Gasteiger partial charge in [-0.2, -0.15) is 0 Å². The lowest BCUT2D eigenvalue weighted by Gasteiger charge is -2.13. The van der Waals surface area contributed by atoms with Crippen molar-refractivity contribution in [2.45, 2.75) is 4.90 Å². The number of carboxylic acid groups (broad SMARTS) is 1. The average molecular weight is 287 g/mol. The van der Waals surface area contributed by atoms with Crippen LogP contribution < -0.4 is 4.74 Å². The fraction of sp³-hybridized carbons (Fsp3) is 0.417. The summed E-state index contributed by atoms with van der Waals surface area (Å²) >= 11 is 0. The Morgan fingerprint density at radius 3 is 2.47 bits per heavy atom. The van der Waals surface area contributed by atoms with E-state index in [2.05, 4.69) is 0 Å². The van der Waals surface area contributed by atoms with Crippen molar-refractivity contribution in [1.29, 1.82) is 0 Å². The van der Waals surface area contributed by atoms with Crippen LogP contribution >= 0.6 is 0 Å². The molecule has 0 saturated carbocycles. The second-order valence-electron chi connectivity index (χ2n) is 4.39. The van der Waals surface area contributed by atoms with Crippen LogP contribution in [0.1, 0.15) is 10.4 Å². The Morgan fingerprint density at radius 1 is 1.37 bits per heavy atom. The lowest BCUT2D eigenvalue weighted by molar-refractivity contribution is 0.0691. The zero-order valence-electron chi connectivity index (χ0n) is 11.1. The Kier molecular flexibility index (Phi) is 4.90. The molecule has 1 N–H and O–H groups in total. The SMILES string of the molecule is CN(C)CCOc1ccc(S(C)(=O)=O)cc1C(=O)O. The molecule has 0 atom stereocenters. The summed E-state index contributed by atoms with van der Waals surface area (Å²) < 4.78 is 28.1. The predicted octanol–water partition coefficient (Wildman–Crippen LogP) is 0.729. The average Bonchev–Trinajstić information content (AvgIpc) is 2.27. The monoisotopic (exact) mass is 287 g/mol. The van der Waals surface area contributed by atoms with Gasteiger partial charge in [0.25, 0.3) is 0 Å². The minimum Gasteiger partial charge on any atom is -0.491 e. The van der Waals surface area contributed by atoms with E-state index in [1.54, 1.807) is 0 Å². The first-order chi connectivity index (χ1) is 8.71. The van der Waals surface area contributed by atoms with Crippen molar-refractivity contribution in [2.24, 2.45) is 0 Å². The molecule has 0 unspecified atom stereocenters. The smallest absolute Gasteiger partial charge is 0.339 e. The van der Waals surface area contributed by atoms with Crippen LogP contribution in [0, 0.1) is 0 Å². The second kappa shape index (κ2) is 6.03. The Morgan fingerprint density at radius 2 is 2.00 bits per heavy atom. The first kappa shape index (κ1) is 15.5. The van der Waals surface area contributed by atoms with Crippen LogP contribution in [-0.2, 0) is 9.84 Å². The summed E-state index contributed by atoms with van der Waals surface area (Å²) in [5.74, 6) is -1.05. The molecule has 0 aliphatic heterocycles. The van der Waals surface area contributed by atoms with Gasteiger partial charge in [0, 0.05) is 12.8 Å². The summed E-state index contributed by atoms with van der Waals surface area (Å²) in [5.41, 5.74) is -0.151. The number of hydrogen-bond donors (Lipinski definition) is 1. The Balaban J connectivity index is 3.02. The van der Waals surface area contributed by atoms with Crippen LogP contribution in [0.15, 0.2) is 23.1 Å². The predicted molar refractivity (Wildman–Crippen MR) is 70.6 cm³/mol. The molecule has 0 aliphatic carbocycles. The van der Waals surface area contributed by atoms with Gasteiger partial charge in [-0.1, -0.05) is 0 Å². The van der Waals surface area contributed by atoms with Crippen LogP contribution in [0.5, 0.6) is 5.75 Å². The number of aromatic carboxylic acids is 1. The van der Waals surface area contributed by atoms with Crippen LogP contribution in [0.4, 0.5) is 0 Å². The van der Waals surface area contributed by atoms with Crippen molar-refractivity contribution in [3.05, 3.63) is 23.8 Å². The highest BCUT2D eigenvalue weighted by Crippen LogP contribution is 2.22. The van der Waals surface area contributed by atoms with Gasteiger partial charge in [-0.15, -0.1) is 0 Å². The summed E-state index contributed by atoms with van der Waals surface area (Å²) in [5, 5.41) is 9.08. The summed E-state index contributed by atoms with van der Waals surface area (Å²) in [6.07, 6.45) is 1.03. The van der Waals surface area contributed by atoms with Crippen molar-refractivity contribution < 1.29 is 23.1 Å². The first-order valence-corrected chi connectivity index (χ1v) is 7.46. The van der Waals surface area contributed by atoms with E-state index < -0.39 is 15.8 Å². The summed E-state index contributed by atoms with van der Waals surface area (Å²) in [7, 11) is 0.302. The lowest BCUT2D eigenvalue weighted by atomic mass is 10.2. The zero-order valence-corrected chi connectivity index (χ0v) is 11.9. The normalized spacial score (nSPS) is 11.6. The lowest BCUT2D eigenvalue weighted by Crippen LogP contribution is -2.20. The van der Waals surface area contributed by atoms with E-state index in [1.165, 1.54) is 12.1 Å². The van der Waals surface area contributed by atoms with E-state index in [0.29, 0.717) is 13.2 Å². The van der Waals surface area contributed by atoms with Gasteiger partial charge in [-0.05, 0) is 32.3 Å². The third kappa shape index (κ3) is 4.53. The Hall–Kier alpha value is -1.60. The van der Waals surface area contributed by atoms with E-state index in [4.69, 9.17) is 9.84 Å². The molecule has 19 heavy (non-hydrogen) atoms. The fourth-order valence-corrected chi connectivity index (χ4v) is 2.02. The largest absolute Gasteiger partial charge is 0.491 e. The summed E-state index contributed by atoms with van der Waals surface area (Å²) in [4.78, 5) is 13.0. The van der Waals surface area contributed by atoms with Gasteiger partial charge in [0.15, 0.2) is 9.84 Å². The molecule has 0 bridgehead atoms. The molecule has 0 heterocycles. The Bertz CT molecular complexity index is 565. The maximum atomic E-state index is 11.4. The van der Waals surface area contributed by atoms with Gasteiger partial charge in [-0.3, -0.25) is 0 Å². The quantitative estimate of drug-likeness (QED) is 0.830. The second-order valence-corrected chi connectivity index (χ2v) is 6.40. The van der Waals surface area contributed by atoms with Crippen LogP contribution in [-0.4, -0.2) is 57.9 Å². The van der Waals surface area contributed by atoms with E-state index in [-0.39, 0.29) is 16.2 Å². The van der Waals surface area contributed by atoms with Crippen molar-refractivity contribution in [1.82, 2.24) is 4.90 Å². The molecular weight excluding hydrogens is 270 g/mol. The molecule has 0 radical (unpaired) electrons. The van der Waals surface area contributed by atoms with E-state index in [1.807, 2.05) is 19.0 Å². The van der Waals surface area contributed by atoms with Crippen molar-refractivity contribution in [3.8, 4) is 5.75 Å². The van der Waals surface area contributed by atoms with Crippen molar-refractivity contribution in [2.75, 3.05) is 33.5 Å². The number of carboxylic acids is 1. The maximum Gasteiger partial charge on any atom is 0.339 e. The standard InChI is InChI=1S/C12H17NO5S/c1-13(2)6-7-18-11-5-4-9(19(3,16)17)8-10(11)12(14)15/h4-5,8H,6-7H2,1-3H3,(H,14,15). The number of rotatable bonds is 6. The fourth-order valence-electron chi connectivity index (χ4n) is 1.37. The third-order valence-electron chi connectivity index (χ3n) is 2.41. The van der Waals surface area contributed by atoms with E-state index >= 15 is 0 Å². The van der Waals surface area contributed by atoms with Gasteiger partial charge in [0.1, 0.15) is 17.9 Å². The number of benzene rings is 1. The molecule has 7 heteroatoms. The van der Waals surface area contributed by atoms with E-state index in [0.717, 1.165) is 12.3 Å². The molecule has 0 fully saturated rings. The molecule has 0 aromatic heterocycles. The summed E-state index contributed by atoms with van der Waals surface area (Å²) in [6, 6.07) is 3.82. The van der Waals surface area contributed by atoms with Gasteiger partial charge in [0.2, 0.25) is 0 Å². The molecule has 0 spiro atoms. The minimum absolute atomic E-state index is 0.0372. The Labute approximate surface area is 112 Å². The van der Waals surface area contributed by atoms with Gasteiger partial charge >= 0.3 is 5.97 Å². The first-order valence-electron chi connectivity index (χ1n) is 5.56. The molecule has 0 saturated heterocycles. The number of carbonyl (C=O) groups is 1. The van der Waals surface area contributed by atoms with Crippen LogP contribution in [0.3, 0.4) is 0 Å². The number of likely N-dealkylation sites (N-methyl/N-ethyl adjacent to an activating group) is 1. The zero-order chi connectivity index (χ0) is 14.6. The molecule has 6 nitrogen and oxygen atoms in total. The number of ether oxygens (including phenoxy) is 1. The molecular formula is C12H17NO5S.